The number of carbonyl (C=O) groups excluding carboxylic acids is 3. The van der Waals surface area contributed by atoms with Gasteiger partial charge in [0.15, 0.2) is 0 Å². The molecule has 0 aliphatic carbocycles. The zero-order chi connectivity index (χ0) is 24.2. The first-order valence-electron chi connectivity index (χ1n) is 10.7. The van der Waals surface area contributed by atoms with E-state index in [0.717, 1.165) is 10.5 Å². The Morgan fingerprint density at radius 3 is 2.38 bits per heavy atom. The van der Waals surface area contributed by atoms with Crippen LogP contribution in [0.25, 0.3) is 0 Å². The Bertz CT molecular complexity index is 1180. The van der Waals surface area contributed by atoms with Crippen LogP contribution in [0, 0.1) is 6.92 Å². The number of aryl methyl sites for hydroxylation is 1. The van der Waals surface area contributed by atoms with Crippen LogP contribution < -0.4 is 19.7 Å². The van der Waals surface area contributed by atoms with Crippen LogP contribution in [0.1, 0.15) is 17.7 Å². The van der Waals surface area contributed by atoms with Gasteiger partial charge in [0.25, 0.3) is 5.91 Å². The molecule has 2 heterocycles. The van der Waals surface area contributed by atoms with Crippen molar-refractivity contribution >= 4 is 29.2 Å². The average molecular weight is 463 g/mol. The van der Waals surface area contributed by atoms with E-state index >= 15 is 0 Å². The minimum atomic E-state index is -0.995. The van der Waals surface area contributed by atoms with Crippen LogP contribution in [0.2, 0.25) is 0 Å². The van der Waals surface area contributed by atoms with Crippen molar-refractivity contribution in [3.8, 4) is 11.5 Å². The van der Waals surface area contributed by atoms with E-state index in [9.17, 15) is 14.4 Å². The van der Waals surface area contributed by atoms with Crippen LogP contribution in [0.5, 0.6) is 11.5 Å². The predicted molar refractivity (Wildman–Crippen MR) is 125 cm³/mol. The molecule has 34 heavy (non-hydrogen) atoms. The van der Waals surface area contributed by atoms with Crippen molar-refractivity contribution in [1.82, 2.24) is 4.90 Å². The number of anilines is 2. The molecule has 0 radical (unpaired) electrons. The summed E-state index contributed by atoms with van der Waals surface area (Å²) in [7, 11) is 3.02. The zero-order valence-electron chi connectivity index (χ0n) is 19.1. The van der Waals surface area contributed by atoms with E-state index in [1.54, 1.807) is 48.5 Å². The third-order valence-corrected chi connectivity index (χ3v) is 5.50. The highest BCUT2D eigenvalue weighted by molar-refractivity contribution is 6.22. The van der Waals surface area contributed by atoms with Crippen LogP contribution >= 0.6 is 0 Å². The van der Waals surface area contributed by atoms with Crippen LogP contribution in [0.4, 0.5) is 16.2 Å². The number of ether oxygens (including phenoxy) is 2. The van der Waals surface area contributed by atoms with Gasteiger partial charge in [0.1, 0.15) is 23.3 Å². The van der Waals surface area contributed by atoms with Gasteiger partial charge >= 0.3 is 6.03 Å². The molecule has 1 aliphatic heterocycles. The maximum absolute atomic E-state index is 13.4. The summed E-state index contributed by atoms with van der Waals surface area (Å²) in [6.45, 7) is 1.94. The molecule has 1 N–H and O–H groups in total. The van der Waals surface area contributed by atoms with Crippen molar-refractivity contribution < 1.29 is 28.3 Å². The molecule has 9 heteroatoms. The fourth-order valence-corrected chi connectivity index (χ4v) is 3.86. The number of amides is 4. The van der Waals surface area contributed by atoms with Crippen LogP contribution in [-0.4, -0.2) is 43.0 Å². The molecule has 4 rings (SSSR count). The second-order valence-corrected chi connectivity index (χ2v) is 7.87. The SMILES string of the molecule is COc1cc(NC(=O)C[C@@H]2C(=O)N(c3cccc(C)c3)C(=O)N2Cc2ccco2)cc(OC)c1. The quantitative estimate of drug-likeness (QED) is 0.507. The van der Waals surface area contributed by atoms with E-state index in [2.05, 4.69) is 5.32 Å². The summed E-state index contributed by atoms with van der Waals surface area (Å²) >= 11 is 0. The summed E-state index contributed by atoms with van der Waals surface area (Å²) in [5.74, 6) is 0.617. The largest absolute Gasteiger partial charge is 0.497 e. The lowest BCUT2D eigenvalue weighted by molar-refractivity contribution is -0.124. The van der Waals surface area contributed by atoms with Gasteiger partial charge in [-0.05, 0) is 36.8 Å². The minimum absolute atomic E-state index is 0.0603. The van der Waals surface area contributed by atoms with Gasteiger partial charge in [-0.25, -0.2) is 9.69 Å². The van der Waals surface area contributed by atoms with Crippen LogP contribution in [0.3, 0.4) is 0 Å². The molecular weight excluding hydrogens is 438 g/mol. The fourth-order valence-electron chi connectivity index (χ4n) is 3.86. The van der Waals surface area contributed by atoms with Gasteiger partial charge in [0.05, 0.1) is 39.1 Å². The van der Waals surface area contributed by atoms with E-state index in [1.165, 1.54) is 25.4 Å². The van der Waals surface area contributed by atoms with Crippen molar-refractivity contribution in [2.45, 2.75) is 25.9 Å². The number of nitrogens with zero attached hydrogens (tertiary/aromatic N) is 2. The Hall–Kier alpha value is -4.27. The Labute approximate surface area is 196 Å². The maximum Gasteiger partial charge on any atom is 0.332 e. The molecule has 0 saturated carbocycles. The van der Waals surface area contributed by atoms with E-state index in [0.29, 0.717) is 28.6 Å². The summed E-state index contributed by atoms with van der Waals surface area (Å²) < 4.78 is 15.9. The molecule has 4 amide bonds. The highest BCUT2D eigenvalue weighted by Crippen LogP contribution is 2.30. The van der Waals surface area contributed by atoms with Gasteiger partial charge in [-0.15, -0.1) is 0 Å². The molecule has 1 atom stereocenters. The number of urea groups is 1. The number of benzene rings is 2. The second kappa shape index (κ2) is 9.70. The van der Waals surface area contributed by atoms with E-state index in [1.807, 2.05) is 13.0 Å². The molecule has 0 bridgehead atoms. The summed E-state index contributed by atoms with van der Waals surface area (Å²) in [6.07, 6.45) is 1.26. The standard InChI is InChI=1S/C25H25N3O6/c1-16-6-4-7-18(10-16)28-24(30)22(27(25(28)31)15-19-8-5-9-34-19)14-23(29)26-17-11-20(32-2)13-21(12-17)33-3/h4-13,22H,14-15H2,1-3H3,(H,26,29)/t22-/m1/s1. The Morgan fingerprint density at radius 2 is 1.76 bits per heavy atom. The number of hydrogen-bond donors (Lipinski definition) is 1. The normalized spacial score (nSPS) is 15.6. The molecule has 0 spiro atoms. The number of methoxy groups -OCH3 is 2. The second-order valence-electron chi connectivity index (χ2n) is 7.87. The van der Waals surface area contributed by atoms with Gasteiger partial charge in [0.2, 0.25) is 5.91 Å². The summed E-state index contributed by atoms with van der Waals surface area (Å²) in [6, 6.07) is 14.0. The lowest BCUT2D eigenvalue weighted by Gasteiger charge is -2.20. The maximum atomic E-state index is 13.4. The Kier molecular flexibility index (Phi) is 6.53. The summed E-state index contributed by atoms with van der Waals surface area (Å²) in [5.41, 5.74) is 1.81. The topological polar surface area (TPSA) is 101 Å². The number of imide groups is 1. The molecule has 1 aromatic heterocycles. The van der Waals surface area contributed by atoms with E-state index in [4.69, 9.17) is 13.9 Å². The minimum Gasteiger partial charge on any atom is -0.497 e. The average Bonchev–Trinajstić information content (AvgIpc) is 3.41. The predicted octanol–water partition coefficient (Wildman–Crippen LogP) is 3.97. The fraction of sp³-hybridized carbons (Fsp3) is 0.240. The molecule has 176 valence electrons. The monoisotopic (exact) mass is 463 g/mol. The highest BCUT2D eigenvalue weighted by atomic mass is 16.5. The lowest BCUT2D eigenvalue weighted by Crippen LogP contribution is -2.37. The first kappa shape index (κ1) is 22.9. The molecule has 1 aliphatic rings. The number of furan rings is 1. The molecule has 9 nitrogen and oxygen atoms in total. The van der Waals surface area contributed by atoms with Crippen molar-refractivity contribution in [3.63, 3.8) is 0 Å². The summed E-state index contributed by atoms with van der Waals surface area (Å²) in [4.78, 5) is 42.1. The first-order valence-corrected chi connectivity index (χ1v) is 10.7. The third kappa shape index (κ3) is 4.73. The Balaban J connectivity index is 1.59. The van der Waals surface area contributed by atoms with Gasteiger partial charge in [-0.1, -0.05) is 12.1 Å². The van der Waals surface area contributed by atoms with Crippen molar-refractivity contribution in [3.05, 3.63) is 72.2 Å². The molecule has 1 saturated heterocycles. The van der Waals surface area contributed by atoms with E-state index < -0.39 is 23.9 Å². The number of carbonyl (C=O) groups is 3. The van der Waals surface area contributed by atoms with Gasteiger partial charge in [-0.3, -0.25) is 9.59 Å². The van der Waals surface area contributed by atoms with Crippen molar-refractivity contribution in [2.24, 2.45) is 0 Å². The van der Waals surface area contributed by atoms with Gasteiger partial charge < -0.3 is 24.1 Å². The smallest absolute Gasteiger partial charge is 0.332 e. The molecule has 1 fully saturated rings. The van der Waals surface area contributed by atoms with Crippen LogP contribution in [0.15, 0.2) is 65.3 Å². The number of rotatable bonds is 8. The van der Waals surface area contributed by atoms with E-state index in [-0.39, 0.29) is 13.0 Å². The van der Waals surface area contributed by atoms with Gasteiger partial charge in [-0.2, -0.15) is 0 Å². The molecule has 3 aromatic rings. The first-order chi connectivity index (χ1) is 16.4. The summed E-state index contributed by atoms with van der Waals surface area (Å²) in [5, 5.41) is 2.77. The van der Waals surface area contributed by atoms with Crippen molar-refractivity contribution in [2.75, 3.05) is 24.4 Å². The molecule has 2 aromatic carbocycles. The molecular formula is C25H25N3O6. The number of hydrogen-bond acceptors (Lipinski definition) is 6. The van der Waals surface area contributed by atoms with Crippen molar-refractivity contribution in [1.29, 1.82) is 0 Å². The Morgan fingerprint density at radius 1 is 1.03 bits per heavy atom. The van der Waals surface area contributed by atoms with Gasteiger partial charge in [0, 0.05) is 23.9 Å². The molecule has 0 unspecified atom stereocenters. The highest BCUT2D eigenvalue weighted by Gasteiger charge is 2.47. The lowest BCUT2D eigenvalue weighted by atomic mass is 10.1. The third-order valence-electron chi connectivity index (χ3n) is 5.50. The number of nitrogens with one attached hydrogen (secondary N) is 1. The zero-order valence-corrected chi connectivity index (χ0v) is 19.1. The van der Waals surface area contributed by atoms with Crippen LogP contribution in [-0.2, 0) is 16.1 Å².